The predicted octanol–water partition coefficient (Wildman–Crippen LogP) is 2.14. The molecule has 16 heavy (non-hydrogen) atoms. The lowest BCUT2D eigenvalue weighted by molar-refractivity contribution is 0.276. The quantitative estimate of drug-likeness (QED) is 0.938. The van der Waals surface area contributed by atoms with Crippen LogP contribution >= 0.6 is 15.9 Å². The van der Waals surface area contributed by atoms with E-state index in [2.05, 4.69) is 21.0 Å². The summed E-state index contributed by atoms with van der Waals surface area (Å²) in [5.74, 6) is 0.776. The van der Waals surface area contributed by atoms with Crippen molar-refractivity contribution in [3.05, 3.63) is 40.6 Å². The van der Waals surface area contributed by atoms with Crippen LogP contribution in [0.15, 0.2) is 34.9 Å². The summed E-state index contributed by atoms with van der Waals surface area (Å²) in [4.78, 5) is 0. The van der Waals surface area contributed by atoms with Gasteiger partial charge >= 0.3 is 0 Å². The molecule has 1 N–H and O–H groups in total. The van der Waals surface area contributed by atoms with Gasteiger partial charge < -0.3 is 9.84 Å². The fraction of sp³-hybridized carbons (Fsp3) is 0.182. The van der Waals surface area contributed by atoms with E-state index < -0.39 is 0 Å². The average molecular weight is 283 g/mol. The Labute approximate surface area is 102 Å². The lowest BCUT2D eigenvalue weighted by Crippen LogP contribution is -1.96. The number of hydrogen-bond donors (Lipinski definition) is 1. The largest absolute Gasteiger partial charge is 0.496 e. The van der Waals surface area contributed by atoms with E-state index in [0.717, 1.165) is 15.9 Å². The van der Waals surface area contributed by atoms with Crippen molar-refractivity contribution in [1.82, 2.24) is 9.78 Å². The van der Waals surface area contributed by atoms with Gasteiger partial charge in [-0.15, -0.1) is 0 Å². The Hall–Kier alpha value is -1.33. The SMILES string of the molecule is COc1ccc(-n2ccc(CO)n2)cc1Br. The van der Waals surface area contributed by atoms with E-state index in [4.69, 9.17) is 9.84 Å². The fourth-order valence-electron chi connectivity index (χ4n) is 1.39. The third kappa shape index (κ3) is 2.10. The van der Waals surface area contributed by atoms with E-state index in [9.17, 15) is 0 Å². The van der Waals surface area contributed by atoms with Crippen LogP contribution in [0.1, 0.15) is 5.69 Å². The molecule has 84 valence electrons. The molecule has 0 saturated heterocycles. The number of benzene rings is 1. The smallest absolute Gasteiger partial charge is 0.133 e. The van der Waals surface area contributed by atoms with Crippen molar-refractivity contribution in [2.24, 2.45) is 0 Å². The Morgan fingerprint density at radius 2 is 2.25 bits per heavy atom. The summed E-state index contributed by atoms with van der Waals surface area (Å²) in [6.45, 7) is -0.0513. The minimum absolute atomic E-state index is 0.0513. The van der Waals surface area contributed by atoms with Crippen LogP contribution in [-0.4, -0.2) is 22.0 Å². The summed E-state index contributed by atoms with van der Waals surface area (Å²) < 4.78 is 7.72. The van der Waals surface area contributed by atoms with Gasteiger partial charge in [-0.25, -0.2) is 4.68 Å². The van der Waals surface area contributed by atoms with Crippen LogP contribution in [-0.2, 0) is 6.61 Å². The minimum atomic E-state index is -0.0513. The van der Waals surface area contributed by atoms with Crippen LogP contribution in [0.5, 0.6) is 5.75 Å². The summed E-state index contributed by atoms with van der Waals surface area (Å²) in [5.41, 5.74) is 1.55. The molecule has 0 aliphatic heterocycles. The molecule has 0 aliphatic rings. The number of hydrogen-bond acceptors (Lipinski definition) is 3. The van der Waals surface area contributed by atoms with E-state index in [-0.39, 0.29) is 6.61 Å². The Morgan fingerprint density at radius 3 is 2.81 bits per heavy atom. The van der Waals surface area contributed by atoms with Gasteiger partial charge in [-0.2, -0.15) is 5.10 Å². The summed E-state index contributed by atoms with van der Waals surface area (Å²) in [6, 6.07) is 7.45. The highest BCUT2D eigenvalue weighted by Crippen LogP contribution is 2.26. The van der Waals surface area contributed by atoms with Crippen molar-refractivity contribution in [3.8, 4) is 11.4 Å². The van der Waals surface area contributed by atoms with Gasteiger partial charge in [-0.05, 0) is 40.2 Å². The van der Waals surface area contributed by atoms with Crippen molar-refractivity contribution >= 4 is 15.9 Å². The summed E-state index contributed by atoms with van der Waals surface area (Å²) in [6.07, 6.45) is 1.81. The highest BCUT2D eigenvalue weighted by molar-refractivity contribution is 9.10. The minimum Gasteiger partial charge on any atom is -0.496 e. The Bertz CT molecular complexity index is 496. The van der Waals surface area contributed by atoms with Gasteiger partial charge in [0.1, 0.15) is 5.75 Å². The number of aromatic nitrogens is 2. The van der Waals surface area contributed by atoms with E-state index in [1.54, 1.807) is 24.1 Å². The maximum Gasteiger partial charge on any atom is 0.133 e. The van der Waals surface area contributed by atoms with E-state index in [0.29, 0.717) is 5.69 Å². The highest BCUT2D eigenvalue weighted by Gasteiger charge is 2.04. The van der Waals surface area contributed by atoms with Crippen LogP contribution in [0.4, 0.5) is 0 Å². The molecule has 0 amide bonds. The van der Waals surface area contributed by atoms with Gasteiger partial charge in [0.15, 0.2) is 0 Å². The van der Waals surface area contributed by atoms with Gasteiger partial charge in [-0.3, -0.25) is 0 Å². The molecule has 0 atom stereocenters. The van der Waals surface area contributed by atoms with Gasteiger partial charge in [0.25, 0.3) is 0 Å². The molecule has 0 fully saturated rings. The number of halogens is 1. The molecule has 5 heteroatoms. The number of nitrogens with zero attached hydrogens (tertiary/aromatic N) is 2. The number of rotatable bonds is 3. The monoisotopic (exact) mass is 282 g/mol. The molecule has 0 spiro atoms. The lowest BCUT2D eigenvalue weighted by atomic mass is 10.3. The summed E-state index contributed by atoms with van der Waals surface area (Å²) >= 11 is 3.41. The summed E-state index contributed by atoms with van der Waals surface area (Å²) in [5, 5.41) is 13.1. The molecule has 4 nitrogen and oxygen atoms in total. The van der Waals surface area contributed by atoms with Crippen LogP contribution in [0, 0.1) is 0 Å². The Kier molecular flexibility index (Phi) is 3.26. The van der Waals surface area contributed by atoms with Gasteiger partial charge in [0.05, 0.1) is 29.6 Å². The molecule has 1 heterocycles. The van der Waals surface area contributed by atoms with E-state index in [1.807, 2.05) is 18.2 Å². The maximum atomic E-state index is 8.93. The first-order chi connectivity index (χ1) is 7.74. The maximum absolute atomic E-state index is 8.93. The number of aliphatic hydroxyl groups excluding tert-OH is 1. The fourth-order valence-corrected chi connectivity index (χ4v) is 1.92. The Morgan fingerprint density at radius 1 is 1.44 bits per heavy atom. The molecule has 0 saturated carbocycles. The molecular formula is C11H11BrN2O2. The highest BCUT2D eigenvalue weighted by atomic mass is 79.9. The Balaban J connectivity index is 2.37. The van der Waals surface area contributed by atoms with Crippen molar-refractivity contribution < 1.29 is 9.84 Å². The molecular weight excluding hydrogens is 272 g/mol. The second kappa shape index (κ2) is 4.67. The van der Waals surface area contributed by atoms with Crippen LogP contribution in [0.25, 0.3) is 5.69 Å². The van der Waals surface area contributed by atoms with Crippen LogP contribution in [0.2, 0.25) is 0 Å². The molecule has 2 rings (SSSR count). The molecule has 0 bridgehead atoms. The van der Waals surface area contributed by atoms with E-state index >= 15 is 0 Å². The molecule has 0 unspecified atom stereocenters. The summed E-state index contributed by atoms with van der Waals surface area (Å²) in [7, 11) is 1.62. The zero-order valence-corrected chi connectivity index (χ0v) is 10.3. The molecule has 2 aromatic rings. The molecule has 0 aliphatic carbocycles. The van der Waals surface area contributed by atoms with Crippen molar-refractivity contribution in [2.45, 2.75) is 6.61 Å². The third-order valence-electron chi connectivity index (χ3n) is 2.21. The zero-order valence-electron chi connectivity index (χ0n) is 8.72. The topological polar surface area (TPSA) is 47.3 Å². The second-order valence-corrected chi connectivity index (χ2v) is 4.08. The molecule has 1 aromatic carbocycles. The standard InChI is InChI=1S/C11H11BrN2O2/c1-16-11-3-2-9(6-10(11)12)14-5-4-8(7-15)13-14/h2-6,15H,7H2,1H3. The normalized spacial score (nSPS) is 10.4. The predicted molar refractivity (Wildman–Crippen MR) is 63.7 cm³/mol. The van der Waals surface area contributed by atoms with Crippen molar-refractivity contribution in [2.75, 3.05) is 7.11 Å². The first kappa shape index (κ1) is 11.2. The zero-order chi connectivity index (χ0) is 11.5. The van der Waals surface area contributed by atoms with Crippen LogP contribution in [0.3, 0.4) is 0 Å². The molecule has 1 aromatic heterocycles. The van der Waals surface area contributed by atoms with Gasteiger partial charge in [-0.1, -0.05) is 0 Å². The van der Waals surface area contributed by atoms with Crippen molar-refractivity contribution in [3.63, 3.8) is 0 Å². The van der Waals surface area contributed by atoms with Gasteiger partial charge in [0.2, 0.25) is 0 Å². The number of methoxy groups -OCH3 is 1. The first-order valence-electron chi connectivity index (χ1n) is 4.74. The first-order valence-corrected chi connectivity index (χ1v) is 5.53. The van der Waals surface area contributed by atoms with Crippen LogP contribution < -0.4 is 4.74 Å². The molecule has 0 radical (unpaired) electrons. The van der Waals surface area contributed by atoms with Gasteiger partial charge in [0, 0.05) is 6.20 Å². The second-order valence-electron chi connectivity index (χ2n) is 3.23. The lowest BCUT2D eigenvalue weighted by Gasteiger charge is -2.06. The average Bonchev–Trinajstić information content (AvgIpc) is 2.77. The number of aliphatic hydroxyl groups is 1. The third-order valence-corrected chi connectivity index (χ3v) is 2.83. The number of ether oxygens (including phenoxy) is 1. The van der Waals surface area contributed by atoms with Crippen molar-refractivity contribution in [1.29, 1.82) is 0 Å². The van der Waals surface area contributed by atoms with E-state index in [1.165, 1.54) is 0 Å².